The van der Waals surface area contributed by atoms with Gasteiger partial charge in [-0.2, -0.15) is 17.2 Å². The number of carbonyl (C=O) groups is 1. The summed E-state index contributed by atoms with van der Waals surface area (Å²) < 4.78 is 82.8. The van der Waals surface area contributed by atoms with Crippen LogP contribution in [0.4, 0.5) is 13.2 Å². The molecule has 0 aromatic heterocycles. The second-order valence-electron chi connectivity index (χ2n) is 11.1. The molecule has 0 amide bonds. The van der Waals surface area contributed by atoms with E-state index >= 15 is 8.78 Å². The van der Waals surface area contributed by atoms with E-state index in [2.05, 4.69) is 22.6 Å². The topological polar surface area (TPSA) is 69.7 Å². The molecule has 0 atom stereocenters. The summed E-state index contributed by atoms with van der Waals surface area (Å²) in [5.74, 6) is -2.78. The summed E-state index contributed by atoms with van der Waals surface area (Å²) in [6, 6.07) is 20.8. The molecule has 5 nitrogen and oxygen atoms in total. The summed E-state index contributed by atoms with van der Waals surface area (Å²) in [6.45, 7) is -0.325. The molecule has 11 heteroatoms. The molecule has 3 rings (SSSR count). The van der Waals surface area contributed by atoms with Gasteiger partial charge in [-0.05, 0) is 76.1 Å². The van der Waals surface area contributed by atoms with Crippen molar-refractivity contribution in [2.75, 3.05) is 11.0 Å². The van der Waals surface area contributed by atoms with E-state index in [4.69, 9.17) is 8.37 Å². The molecule has 0 aliphatic rings. The van der Waals surface area contributed by atoms with Crippen LogP contribution in [0.5, 0.6) is 0 Å². The van der Waals surface area contributed by atoms with Crippen LogP contribution in [0.25, 0.3) is 0 Å². The summed E-state index contributed by atoms with van der Waals surface area (Å²) in [7, 11) is -9.32. The quantitative estimate of drug-likeness (QED) is 0.0439. The zero-order valence-electron chi connectivity index (χ0n) is 26.1. The standard InChI is InChI=1S/C35H44F3IO5S2/c36-30-24-26-33(27-25-30)45(31-20-14-12-15-21-31,32-22-16-13-17-23-32)44-46(41,42)35(37,38)34(40)43-29-19-11-9-7-5-3-1-2-4-6-8-10-18-28-39/h12-17,20-27H,1-11,18-19,28-29H2. The molecule has 0 aliphatic carbocycles. The van der Waals surface area contributed by atoms with Gasteiger partial charge in [0.2, 0.25) is 0 Å². The van der Waals surface area contributed by atoms with Gasteiger partial charge >= 0.3 is 21.3 Å². The lowest BCUT2D eigenvalue weighted by Crippen LogP contribution is -2.41. The maximum atomic E-state index is 15.4. The highest BCUT2D eigenvalue weighted by Crippen LogP contribution is 2.70. The van der Waals surface area contributed by atoms with Gasteiger partial charge < -0.3 is 4.74 Å². The van der Waals surface area contributed by atoms with E-state index < -0.39 is 37.5 Å². The van der Waals surface area contributed by atoms with Crippen molar-refractivity contribution in [2.24, 2.45) is 0 Å². The minimum Gasteiger partial charge on any atom is -0.460 e. The summed E-state index contributed by atoms with van der Waals surface area (Å²) in [6.07, 6.45) is 14.2. The van der Waals surface area contributed by atoms with E-state index in [-0.39, 0.29) is 21.3 Å². The number of halogens is 4. The minimum absolute atomic E-state index is 0.154. The van der Waals surface area contributed by atoms with Gasteiger partial charge in [0.15, 0.2) is 0 Å². The Balaban J connectivity index is 1.58. The molecule has 254 valence electrons. The predicted molar refractivity (Wildman–Crippen MR) is 186 cm³/mol. The number of unbranched alkanes of at least 4 members (excludes halogenated alkanes) is 12. The van der Waals surface area contributed by atoms with Crippen molar-refractivity contribution in [1.82, 2.24) is 0 Å². The first-order valence-electron chi connectivity index (χ1n) is 15.9. The third kappa shape index (κ3) is 11.0. The van der Waals surface area contributed by atoms with E-state index in [0.717, 1.165) is 31.4 Å². The van der Waals surface area contributed by atoms with Gasteiger partial charge in [0.1, 0.15) is 5.82 Å². The zero-order valence-corrected chi connectivity index (χ0v) is 29.8. The smallest absolute Gasteiger partial charge is 0.460 e. The van der Waals surface area contributed by atoms with E-state index in [9.17, 15) is 17.6 Å². The van der Waals surface area contributed by atoms with E-state index in [0.29, 0.717) is 12.8 Å². The maximum absolute atomic E-state index is 15.4. The third-order valence-corrected chi connectivity index (χ3v) is 13.4. The molecule has 0 unspecified atom stereocenters. The van der Waals surface area contributed by atoms with Crippen LogP contribution in [0.2, 0.25) is 0 Å². The zero-order chi connectivity index (χ0) is 33.3. The fourth-order valence-corrected chi connectivity index (χ4v) is 10.6. The summed E-state index contributed by atoms with van der Waals surface area (Å²) in [5, 5.41) is -4.98. The molecule has 3 aromatic rings. The molecule has 0 heterocycles. The number of hydrogen-bond acceptors (Lipinski definition) is 5. The van der Waals surface area contributed by atoms with E-state index in [1.165, 1.54) is 67.9 Å². The van der Waals surface area contributed by atoms with Gasteiger partial charge in [0.25, 0.3) is 0 Å². The number of ether oxygens (including phenoxy) is 1. The number of rotatable bonds is 22. The second kappa shape index (κ2) is 19.7. The summed E-state index contributed by atoms with van der Waals surface area (Å²) in [4.78, 5) is 13.2. The summed E-state index contributed by atoms with van der Waals surface area (Å²) in [5.41, 5.74) is 0. The normalized spacial score (nSPS) is 12.6. The Morgan fingerprint density at radius 3 is 1.43 bits per heavy atom. The third-order valence-electron chi connectivity index (χ3n) is 7.55. The molecule has 0 aliphatic heterocycles. The van der Waals surface area contributed by atoms with Crippen LogP contribution in [0.1, 0.15) is 83.5 Å². The number of carbonyl (C=O) groups excluding carboxylic acids is 1. The molecule has 46 heavy (non-hydrogen) atoms. The van der Waals surface area contributed by atoms with Crippen LogP contribution < -0.4 is 0 Å². The van der Waals surface area contributed by atoms with Gasteiger partial charge in [0, 0.05) is 14.7 Å². The lowest BCUT2D eigenvalue weighted by molar-refractivity contribution is -0.161. The van der Waals surface area contributed by atoms with Crippen molar-refractivity contribution in [2.45, 2.75) is 103 Å². The number of esters is 1. The highest BCUT2D eigenvalue weighted by atomic mass is 127. The molecule has 3 aromatic carbocycles. The predicted octanol–water partition coefficient (Wildman–Crippen LogP) is 11.0. The first kappa shape index (κ1) is 38.4. The van der Waals surface area contributed by atoms with Gasteiger partial charge in [-0.1, -0.05) is 130 Å². The Labute approximate surface area is 287 Å². The van der Waals surface area contributed by atoms with Crippen LogP contribution in [0.15, 0.2) is 99.6 Å². The van der Waals surface area contributed by atoms with Gasteiger partial charge in [-0.15, -0.1) is 0 Å². The number of hydrogen-bond donors (Lipinski definition) is 0. The second-order valence-corrected chi connectivity index (χ2v) is 16.7. The molecule has 0 N–H and O–H groups in total. The van der Waals surface area contributed by atoms with Crippen molar-refractivity contribution in [3.05, 3.63) is 90.7 Å². The molecular formula is C35H44F3IO5S2. The Bertz CT molecular complexity index is 1370. The largest absolute Gasteiger partial charge is 0.466 e. The fourth-order valence-electron chi connectivity index (χ4n) is 5.05. The average molecular weight is 793 g/mol. The highest BCUT2D eigenvalue weighted by molar-refractivity contribution is 14.1. The molecule has 0 radical (unpaired) electrons. The molecule has 0 saturated heterocycles. The Morgan fingerprint density at radius 2 is 1.00 bits per heavy atom. The lowest BCUT2D eigenvalue weighted by Gasteiger charge is -2.39. The van der Waals surface area contributed by atoms with Crippen LogP contribution in [0, 0.1) is 5.82 Å². The van der Waals surface area contributed by atoms with Crippen LogP contribution in [0.3, 0.4) is 0 Å². The van der Waals surface area contributed by atoms with Gasteiger partial charge in [-0.3, -0.25) is 0 Å². The number of benzene rings is 3. The highest BCUT2D eigenvalue weighted by Gasteiger charge is 2.58. The maximum Gasteiger partial charge on any atom is 0.466 e. The SMILES string of the molecule is O=C(OCCCCCCCCCCCCCCCI)C(F)(F)S(=O)(=O)OS(c1ccccc1)(c1ccccc1)c1ccc(F)cc1. The molecular weight excluding hydrogens is 748 g/mol. The Kier molecular flexibility index (Phi) is 16.4. The van der Waals surface area contributed by atoms with E-state index in [1.54, 1.807) is 60.7 Å². The Morgan fingerprint density at radius 1 is 0.609 bits per heavy atom. The first-order chi connectivity index (χ1) is 22.1. The van der Waals surface area contributed by atoms with E-state index in [1.807, 2.05) is 0 Å². The van der Waals surface area contributed by atoms with Crippen molar-refractivity contribution < 1.29 is 34.7 Å². The van der Waals surface area contributed by atoms with Crippen LogP contribution in [-0.2, 0) is 23.3 Å². The summed E-state index contributed by atoms with van der Waals surface area (Å²) >= 11 is 2.42. The van der Waals surface area contributed by atoms with Crippen molar-refractivity contribution >= 4 is 49.0 Å². The Hall–Kier alpha value is -2.09. The van der Waals surface area contributed by atoms with Crippen molar-refractivity contribution in [1.29, 1.82) is 0 Å². The molecule has 0 bridgehead atoms. The molecule has 0 saturated carbocycles. The number of alkyl halides is 3. The van der Waals surface area contributed by atoms with Crippen molar-refractivity contribution in [3.63, 3.8) is 0 Å². The monoisotopic (exact) mass is 792 g/mol. The van der Waals surface area contributed by atoms with Gasteiger partial charge in [0.05, 0.1) is 6.61 Å². The van der Waals surface area contributed by atoms with Crippen LogP contribution >= 0.6 is 32.9 Å². The van der Waals surface area contributed by atoms with Crippen LogP contribution in [-0.4, -0.2) is 30.7 Å². The molecule has 0 fully saturated rings. The minimum atomic E-state index is -5.91. The fraction of sp³-hybridized carbons (Fsp3) is 0.457. The molecule has 0 spiro atoms. The van der Waals surface area contributed by atoms with Gasteiger partial charge in [-0.25, -0.2) is 12.8 Å². The lowest BCUT2D eigenvalue weighted by atomic mass is 10.0. The average Bonchev–Trinajstić information content (AvgIpc) is 3.06. The van der Waals surface area contributed by atoms with Crippen molar-refractivity contribution in [3.8, 4) is 0 Å². The first-order valence-corrected chi connectivity index (χ1v) is 20.4.